The quantitative estimate of drug-likeness (QED) is 0.527. The van der Waals surface area contributed by atoms with Gasteiger partial charge in [0.2, 0.25) is 0 Å². The summed E-state index contributed by atoms with van der Waals surface area (Å²) in [6.45, 7) is 7.69. The standard InChI is InChI=1S/C23H25BrN6/c1-16(2-3-18-4-5-20(24)12-21(18)26)30-14-19(15-30)22-23(28-9-8-27-22)29-10-6-17(13-25)7-11-29/h2-5,8-9,12,17,19H,1,6-7,10-11,14-15,26H2/b3-2-. The lowest BCUT2D eigenvalue weighted by molar-refractivity contribution is 0.203. The number of hydrogen-bond donors (Lipinski definition) is 1. The molecule has 0 atom stereocenters. The third-order valence-electron chi connectivity index (χ3n) is 5.86. The molecule has 1 aromatic carbocycles. The molecule has 2 fully saturated rings. The fourth-order valence-electron chi connectivity index (χ4n) is 3.97. The molecule has 0 amide bonds. The summed E-state index contributed by atoms with van der Waals surface area (Å²) >= 11 is 3.43. The summed E-state index contributed by atoms with van der Waals surface area (Å²) in [6, 6.07) is 8.26. The Bertz CT molecular complexity index is 997. The Hall–Kier alpha value is -2.85. The first kappa shape index (κ1) is 20.4. The van der Waals surface area contributed by atoms with Gasteiger partial charge in [0.15, 0.2) is 5.82 Å². The van der Waals surface area contributed by atoms with Crippen molar-refractivity contribution in [3.63, 3.8) is 0 Å². The van der Waals surface area contributed by atoms with Crippen LogP contribution in [0.1, 0.15) is 30.0 Å². The molecule has 2 aliphatic rings. The average Bonchev–Trinajstić information content (AvgIpc) is 2.72. The molecule has 4 rings (SSSR count). The molecule has 154 valence electrons. The summed E-state index contributed by atoms with van der Waals surface area (Å²) in [6.07, 6.45) is 9.34. The van der Waals surface area contributed by atoms with E-state index in [1.807, 2.05) is 30.4 Å². The zero-order valence-electron chi connectivity index (χ0n) is 16.8. The van der Waals surface area contributed by atoms with Crippen LogP contribution in [0.15, 0.2) is 53.4 Å². The number of anilines is 2. The summed E-state index contributed by atoms with van der Waals surface area (Å²) in [5.41, 5.74) is 9.81. The van der Waals surface area contributed by atoms with Crippen molar-refractivity contribution in [1.29, 1.82) is 5.26 Å². The van der Waals surface area contributed by atoms with Crippen LogP contribution in [0.4, 0.5) is 11.5 Å². The van der Waals surface area contributed by atoms with E-state index >= 15 is 0 Å². The van der Waals surface area contributed by atoms with E-state index in [1.54, 1.807) is 12.4 Å². The minimum absolute atomic E-state index is 0.162. The normalized spacial score (nSPS) is 17.7. The largest absolute Gasteiger partial charge is 0.398 e. The smallest absolute Gasteiger partial charge is 0.150 e. The van der Waals surface area contributed by atoms with E-state index in [1.165, 1.54) is 0 Å². The first-order chi connectivity index (χ1) is 14.5. The molecular formula is C23H25BrN6. The minimum atomic E-state index is 0.162. The van der Waals surface area contributed by atoms with E-state index in [0.29, 0.717) is 5.92 Å². The van der Waals surface area contributed by atoms with Crippen LogP contribution in [0.25, 0.3) is 6.08 Å². The first-order valence-corrected chi connectivity index (χ1v) is 11.0. The van der Waals surface area contributed by atoms with Crippen LogP contribution in [-0.2, 0) is 0 Å². The van der Waals surface area contributed by atoms with E-state index in [4.69, 9.17) is 11.0 Å². The lowest BCUT2D eigenvalue weighted by Crippen LogP contribution is -2.45. The Morgan fingerprint density at radius 1 is 1.23 bits per heavy atom. The molecule has 0 unspecified atom stereocenters. The number of nitriles is 1. The van der Waals surface area contributed by atoms with Crippen LogP contribution in [0, 0.1) is 17.2 Å². The van der Waals surface area contributed by atoms with Crippen molar-refractivity contribution in [3.05, 3.63) is 64.7 Å². The van der Waals surface area contributed by atoms with Crippen LogP contribution >= 0.6 is 15.9 Å². The molecule has 30 heavy (non-hydrogen) atoms. The van der Waals surface area contributed by atoms with Crippen LogP contribution < -0.4 is 10.6 Å². The number of hydrogen-bond acceptors (Lipinski definition) is 6. The second kappa shape index (κ2) is 8.88. The molecule has 0 spiro atoms. The number of likely N-dealkylation sites (tertiary alicyclic amines) is 1. The second-order valence-corrected chi connectivity index (χ2v) is 8.77. The van der Waals surface area contributed by atoms with Crippen LogP contribution in [0.5, 0.6) is 0 Å². The van der Waals surface area contributed by atoms with Gasteiger partial charge in [-0.15, -0.1) is 0 Å². The molecule has 0 radical (unpaired) electrons. The Labute approximate surface area is 185 Å². The lowest BCUT2D eigenvalue weighted by Gasteiger charge is -2.42. The van der Waals surface area contributed by atoms with Gasteiger partial charge in [-0.25, -0.2) is 4.98 Å². The molecule has 3 heterocycles. The molecule has 2 saturated heterocycles. The maximum Gasteiger partial charge on any atom is 0.150 e. The SMILES string of the molecule is C=C(/C=C\c1ccc(Br)cc1N)N1CC(c2nccnc2N2CCC(C#N)CC2)C1. The lowest BCUT2D eigenvalue weighted by atomic mass is 9.93. The van der Waals surface area contributed by atoms with Crippen molar-refractivity contribution in [3.8, 4) is 6.07 Å². The van der Waals surface area contributed by atoms with Gasteiger partial charge >= 0.3 is 0 Å². The third kappa shape index (κ3) is 4.34. The number of halogens is 1. The van der Waals surface area contributed by atoms with E-state index in [9.17, 15) is 0 Å². The number of allylic oxidation sites excluding steroid dienone is 1. The van der Waals surface area contributed by atoms with Crippen molar-refractivity contribution in [1.82, 2.24) is 14.9 Å². The van der Waals surface area contributed by atoms with Gasteiger partial charge in [-0.1, -0.05) is 34.7 Å². The topological polar surface area (TPSA) is 82.1 Å². The third-order valence-corrected chi connectivity index (χ3v) is 6.36. The van der Waals surface area contributed by atoms with Crippen LogP contribution in [-0.4, -0.2) is 41.0 Å². The predicted molar refractivity (Wildman–Crippen MR) is 124 cm³/mol. The highest BCUT2D eigenvalue weighted by Crippen LogP contribution is 2.34. The number of rotatable bonds is 5. The number of piperidine rings is 1. The molecular weight excluding hydrogens is 440 g/mol. The number of nitrogens with two attached hydrogens (primary N) is 1. The second-order valence-electron chi connectivity index (χ2n) is 7.86. The first-order valence-electron chi connectivity index (χ1n) is 10.2. The maximum atomic E-state index is 9.14. The van der Waals surface area contributed by atoms with Gasteiger partial charge in [0.25, 0.3) is 0 Å². The summed E-state index contributed by atoms with van der Waals surface area (Å²) in [4.78, 5) is 13.8. The molecule has 0 bridgehead atoms. The Morgan fingerprint density at radius 2 is 1.97 bits per heavy atom. The molecule has 1 aromatic heterocycles. The van der Waals surface area contributed by atoms with Gasteiger partial charge in [0.1, 0.15) is 0 Å². The van der Waals surface area contributed by atoms with Gasteiger partial charge in [-0.3, -0.25) is 4.98 Å². The van der Waals surface area contributed by atoms with Crippen molar-refractivity contribution in [2.45, 2.75) is 18.8 Å². The highest BCUT2D eigenvalue weighted by Gasteiger charge is 2.33. The average molecular weight is 465 g/mol. The fourth-order valence-corrected chi connectivity index (χ4v) is 4.35. The van der Waals surface area contributed by atoms with Gasteiger partial charge in [-0.05, 0) is 36.6 Å². The summed E-state index contributed by atoms with van der Waals surface area (Å²) < 4.78 is 0.971. The molecule has 2 aliphatic heterocycles. The molecule has 2 aromatic rings. The van der Waals surface area contributed by atoms with Crippen LogP contribution in [0.2, 0.25) is 0 Å². The van der Waals surface area contributed by atoms with E-state index < -0.39 is 0 Å². The fraction of sp³-hybridized carbons (Fsp3) is 0.348. The highest BCUT2D eigenvalue weighted by molar-refractivity contribution is 9.10. The molecule has 7 heteroatoms. The molecule has 2 N–H and O–H groups in total. The van der Waals surface area contributed by atoms with Crippen LogP contribution in [0.3, 0.4) is 0 Å². The van der Waals surface area contributed by atoms with E-state index in [-0.39, 0.29) is 5.92 Å². The molecule has 0 saturated carbocycles. The maximum absolute atomic E-state index is 9.14. The van der Waals surface area contributed by atoms with Crippen molar-refractivity contribution < 1.29 is 0 Å². The molecule has 6 nitrogen and oxygen atoms in total. The molecule has 0 aliphatic carbocycles. The minimum Gasteiger partial charge on any atom is -0.398 e. The summed E-state index contributed by atoms with van der Waals surface area (Å²) in [5.74, 6) is 1.48. The van der Waals surface area contributed by atoms with Crippen molar-refractivity contribution in [2.24, 2.45) is 5.92 Å². The van der Waals surface area contributed by atoms with Crippen molar-refractivity contribution in [2.75, 3.05) is 36.8 Å². The number of aromatic nitrogens is 2. The number of benzene rings is 1. The zero-order chi connectivity index (χ0) is 21.1. The van der Waals surface area contributed by atoms with Gasteiger partial charge in [-0.2, -0.15) is 5.26 Å². The van der Waals surface area contributed by atoms with E-state index in [0.717, 1.165) is 72.0 Å². The van der Waals surface area contributed by atoms with E-state index in [2.05, 4.69) is 48.3 Å². The monoisotopic (exact) mass is 464 g/mol. The van der Waals surface area contributed by atoms with Gasteiger partial charge in [0.05, 0.1) is 11.8 Å². The summed E-state index contributed by atoms with van der Waals surface area (Å²) in [5, 5.41) is 9.14. The Morgan fingerprint density at radius 3 is 2.67 bits per heavy atom. The number of nitrogens with zero attached hydrogens (tertiary/aromatic N) is 5. The Kier molecular flexibility index (Phi) is 6.05. The Balaban J connectivity index is 1.38. The highest BCUT2D eigenvalue weighted by atomic mass is 79.9. The van der Waals surface area contributed by atoms with Gasteiger partial charge < -0.3 is 15.5 Å². The number of nitrogen functional groups attached to an aromatic ring is 1. The van der Waals surface area contributed by atoms with Crippen molar-refractivity contribution >= 4 is 33.5 Å². The zero-order valence-corrected chi connectivity index (χ0v) is 18.4. The van der Waals surface area contributed by atoms with Gasteiger partial charge in [0, 0.05) is 66.3 Å². The summed E-state index contributed by atoms with van der Waals surface area (Å²) in [7, 11) is 0. The predicted octanol–water partition coefficient (Wildman–Crippen LogP) is 4.19.